The Morgan fingerprint density at radius 2 is 1.07 bits per heavy atom. The van der Waals surface area contributed by atoms with Crippen LogP contribution in [0.1, 0.15) is 19.3 Å². The van der Waals surface area contributed by atoms with Crippen molar-refractivity contribution in [1.82, 2.24) is 0 Å². The highest BCUT2D eigenvalue weighted by Crippen LogP contribution is 2.17. The summed E-state index contributed by atoms with van der Waals surface area (Å²) in [6.07, 6.45) is 0.984. The molecule has 2 atom stereocenters. The van der Waals surface area contributed by atoms with Gasteiger partial charge in [-0.2, -0.15) is 0 Å². The first-order chi connectivity index (χ1) is 12.8. The number of hydrogen-bond donors (Lipinski definition) is 6. The van der Waals surface area contributed by atoms with Gasteiger partial charge >= 0.3 is 11.9 Å². The van der Waals surface area contributed by atoms with Crippen molar-refractivity contribution in [3.05, 3.63) is 48.5 Å². The highest BCUT2D eigenvalue weighted by atomic mass is 16.4. The largest absolute Gasteiger partial charge is 0.480 e. The van der Waals surface area contributed by atoms with Gasteiger partial charge in [0.25, 0.3) is 0 Å². The van der Waals surface area contributed by atoms with Gasteiger partial charge in [0.1, 0.15) is 12.1 Å². The second-order valence-corrected chi connectivity index (χ2v) is 6.25. The maximum absolute atomic E-state index is 11.5. The molecular formula is C19H24N4O4. The summed E-state index contributed by atoms with van der Waals surface area (Å²) in [6.45, 7) is 0. The number of anilines is 4. The maximum Gasteiger partial charge on any atom is 0.326 e. The third kappa shape index (κ3) is 6.43. The van der Waals surface area contributed by atoms with Crippen molar-refractivity contribution in [1.29, 1.82) is 0 Å². The van der Waals surface area contributed by atoms with Gasteiger partial charge in [0, 0.05) is 22.7 Å². The Morgan fingerprint density at radius 3 is 1.37 bits per heavy atom. The zero-order valence-corrected chi connectivity index (χ0v) is 14.8. The molecule has 144 valence electrons. The number of nitrogen functional groups attached to an aromatic ring is 2. The van der Waals surface area contributed by atoms with Gasteiger partial charge in [-0.3, -0.25) is 0 Å². The second kappa shape index (κ2) is 9.33. The Hall–Kier alpha value is -3.42. The first-order valence-electron chi connectivity index (χ1n) is 8.55. The van der Waals surface area contributed by atoms with Crippen molar-refractivity contribution in [2.24, 2.45) is 0 Å². The minimum Gasteiger partial charge on any atom is -0.480 e. The van der Waals surface area contributed by atoms with Crippen LogP contribution >= 0.6 is 0 Å². The minimum absolute atomic E-state index is 0.285. The highest BCUT2D eigenvalue weighted by Gasteiger charge is 2.21. The summed E-state index contributed by atoms with van der Waals surface area (Å²) in [5, 5.41) is 24.6. The smallest absolute Gasteiger partial charge is 0.326 e. The third-order valence-electron chi connectivity index (χ3n) is 4.08. The van der Waals surface area contributed by atoms with E-state index in [4.69, 9.17) is 11.5 Å². The number of aliphatic carboxylic acids is 2. The number of nitrogens with one attached hydrogen (secondary N) is 2. The van der Waals surface area contributed by atoms with E-state index in [1.165, 1.54) is 0 Å². The van der Waals surface area contributed by atoms with E-state index in [1.54, 1.807) is 48.5 Å². The molecule has 8 nitrogen and oxygen atoms in total. The Labute approximate surface area is 157 Å². The molecule has 8 heteroatoms. The number of benzene rings is 2. The lowest BCUT2D eigenvalue weighted by molar-refractivity contribution is -0.138. The standard InChI is InChI=1S/C19H24N4O4/c20-12-4-8-14(9-5-12)22-16(18(24)25)2-1-3-17(19(26)27)23-15-10-6-13(21)7-11-15/h4-11,16-17,22-23H,1-3,20-21H2,(H,24,25)(H,26,27). The number of carbonyl (C=O) groups is 2. The van der Waals surface area contributed by atoms with Crippen LogP contribution in [0.5, 0.6) is 0 Å². The zero-order valence-electron chi connectivity index (χ0n) is 14.8. The molecule has 27 heavy (non-hydrogen) atoms. The quantitative estimate of drug-likeness (QED) is 0.348. The molecule has 0 amide bonds. The van der Waals surface area contributed by atoms with Crippen molar-refractivity contribution in [2.45, 2.75) is 31.3 Å². The van der Waals surface area contributed by atoms with Gasteiger partial charge < -0.3 is 32.3 Å². The van der Waals surface area contributed by atoms with Crippen LogP contribution in [-0.2, 0) is 9.59 Å². The molecule has 0 bridgehead atoms. The predicted octanol–water partition coefficient (Wildman–Crippen LogP) is 2.45. The van der Waals surface area contributed by atoms with E-state index in [1.807, 2.05) is 0 Å². The molecule has 0 radical (unpaired) electrons. The van der Waals surface area contributed by atoms with Crippen LogP contribution in [0.15, 0.2) is 48.5 Å². The molecule has 2 aromatic rings. The molecule has 0 spiro atoms. The third-order valence-corrected chi connectivity index (χ3v) is 4.08. The molecule has 2 rings (SSSR count). The molecule has 0 fully saturated rings. The summed E-state index contributed by atoms with van der Waals surface area (Å²) in [6, 6.07) is 11.9. The Morgan fingerprint density at radius 1 is 0.741 bits per heavy atom. The van der Waals surface area contributed by atoms with Crippen LogP contribution in [-0.4, -0.2) is 34.2 Å². The lowest BCUT2D eigenvalue weighted by atomic mass is 10.0. The van der Waals surface area contributed by atoms with E-state index in [9.17, 15) is 19.8 Å². The summed E-state index contributed by atoms with van der Waals surface area (Å²) in [7, 11) is 0. The number of carboxylic acids is 2. The van der Waals surface area contributed by atoms with E-state index in [0.29, 0.717) is 29.2 Å². The van der Waals surface area contributed by atoms with Crippen LogP contribution in [0.4, 0.5) is 22.7 Å². The van der Waals surface area contributed by atoms with Crippen molar-refractivity contribution in [2.75, 3.05) is 22.1 Å². The number of nitrogens with two attached hydrogens (primary N) is 2. The van der Waals surface area contributed by atoms with Crippen LogP contribution < -0.4 is 22.1 Å². The molecule has 2 unspecified atom stereocenters. The summed E-state index contributed by atoms with van der Waals surface area (Å²) in [4.78, 5) is 22.9. The fraction of sp³-hybridized carbons (Fsp3) is 0.263. The average molecular weight is 372 g/mol. The van der Waals surface area contributed by atoms with Gasteiger partial charge in [0.05, 0.1) is 0 Å². The Kier molecular flexibility index (Phi) is 6.87. The van der Waals surface area contributed by atoms with Crippen molar-refractivity contribution in [3.8, 4) is 0 Å². The van der Waals surface area contributed by atoms with Gasteiger partial charge in [0.15, 0.2) is 0 Å². The molecule has 0 aromatic heterocycles. The van der Waals surface area contributed by atoms with Gasteiger partial charge in [-0.25, -0.2) is 9.59 Å². The second-order valence-electron chi connectivity index (χ2n) is 6.25. The fourth-order valence-corrected chi connectivity index (χ4v) is 2.60. The molecule has 0 aliphatic rings. The molecule has 0 saturated heterocycles. The topological polar surface area (TPSA) is 151 Å². The van der Waals surface area contributed by atoms with E-state index >= 15 is 0 Å². The zero-order chi connectivity index (χ0) is 19.8. The minimum atomic E-state index is -0.995. The van der Waals surface area contributed by atoms with E-state index in [2.05, 4.69) is 10.6 Å². The summed E-state index contributed by atoms with van der Waals surface area (Å²) in [5.41, 5.74) is 13.7. The van der Waals surface area contributed by atoms with Crippen LogP contribution in [0.3, 0.4) is 0 Å². The van der Waals surface area contributed by atoms with Gasteiger partial charge in [0.2, 0.25) is 0 Å². The maximum atomic E-state index is 11.5. The molecule has 0 aliphatic heterocycles. The van der Waals surface area contributed by atoms with E-state index in [0.717, 1.165) is 0 Å². The summed E-state index contributed by atoms with van der Waals surface area (Å²) < 4.78 is 0. The normalized spacial score (nSPS) is 12.7. The lowest BCUT2D eigenvalue weighted by Crippen LogP contribution is -2.32. The SMILES string of the molecule is Nc1ccc(NC(CCCC(Nc2ccc(N)cc2)C(=O)O)C(=O)O)cc1. The molecule has 2 aromatic carbocycles. The van der Waals surface area contributed by atoms with Crippen molar-refractivity contribution >= 4 is 34.7 Å². The Bertz CT molecular complexity index is 697. The van der Waals surface area contributed by atoms with Crippen molar-refractivity contribution < 1.29 is 19.8 Å². The van der Waals surface area contributed by atoms with Crippen LogP contribution in [0.2, 0.25) is 0 Å². The van der Waals surface area contributed by atoms with Crippen molar-refractivity contribution in [3.63, 3.8) is 0 Å². The van der Waals surface area contributed by atoms with E-state index < -0.39 is 24.0 Å². The summed E-state index contributed by atoms with van der Waals surface area (Å²) >= 11 is 0. The summed E-state index contributed by atoms with van der Waals surface area (Å²) in [5.74, 6) is -1.99. The highest BCUT2D eigenvalue weighted by molar-refractivity contribution is 5.78. The Balaban J connectivity index is 1.90. The van der Waals surface area contributed by atoms with Crippen LogP contribution in [0.25, 0.3) is 0 Å². The van der Waals surface area contributed by atoms with Gasteiger partial charge in [-0.1, -0.05) is 0 Å². The molecule has 0 saturated carbocycles. The number of carboxylic acid groups (broad SMARTS) is 2. The van der Waals surface area contributed by atoms with Gasteiger partial charge in [-0.05, 0) is 67.8 Å². The molecule has 8 N–H and O–H groups in total. The lowest BCUT2D eigenvalue weighted by Gasteiger charge is -2.19. The molecule has 0 heterocycles. The fourth-order valence-electron chi connectivity index (χ4n) is 2.60. The first kappa shape index (κ1) is 19.9. The van der Waals surface area contributed by atoms with Gasteiger partial charge in [-0.15, -0.1) is 0 Å². The number of rotatable bonds is 10. The van der Waals surface area contributed by atoms with E-state index in [-0.39, 0.29) is 12.8 Å². The predicted molar refractivity (Wildman–Crippen MR) is 106 cm³/mol. The molecule has 0 aliphatic carbocycles. The number of hydrogen-bond acceptors (Lipinski definition) is 6. The average Bonchev–Trinajstić information content (AvgIpc) is 2.63. The monoisotopic (exact) mass is 372 g/mol. The first-order valence-corrected chi connectivity index (χ1v) is 8.55. The van der Waals surface area contributed by atoms with Crippen LogP contribution in [0, 0.1) is 0 Å². The molecular weight excluding hydrogens is 348 g/mol.